The Labute approximate surface area is 122 Å². The Balaban J connectivity index is 1.75. The summed E-state index contributed by atoms with van der Waals surface area (Å²) in [5.41, 5.74) is 6.05. The van der Waals surface area contributed by atoms with E-state index in [4.69, 9.17) is 10.3 Å². The van der Waals surface area contributed by atoms with Crippen LogP contribution in [0.15, 0.2) is 29.0 Å². The molecule has 2 heterocycles. The van der Waals surface area contributed by atoms with Crippen LogP contribution >= 0.6 is 11.3 Å². The number of benzene rings is 1. The number of thiophene rings is 1. The summed E-state index contributed by atoms with van der Waals surface area (Å²) in [4.78, 5) is 16.3. The lowest BCUT2D eigenvalue weighted by atomic mass is 10.2. The molecule has 3 N–H and O–H groups in total. The topological polar surface area (TPSA) is 94.0 Å². The van der Waals surface area contributed by atoms with E-state index in [1.165, 1.54) is 23.7 Å². The quantitative estimate of drug-likeness (QED) is 0.768. The first-order valence-corrected chi connectivity index (χ1v) is 6.98. The van der Waals surface area contributed by atoms with Gasteiger partial charge in [0.05, 0.1) is 11.1 Å². The number of amides is 1. The molecule has 0 aliphatic rings. The van der Waals surface area contributed by atoms with Gasteiger partial charge in [0, 0.05) is 17.7 Å². The van der Waals surface area contributed by atoms with Crippen LogP contribution in [0.3, 0.4) is 0 Å². The van der Waals surface area contributed by atoms with Gasteiger partial charge in [-0.15, -0.1) is 11.3 Å². The molecule has 1 amide bonds. The Bertz CT molecular complexity index is 785. The molecule has 0 unspecified atom stereocenters. The maximum Gasteiger partial charge on any atom is 0.263 e. The molecule has 0 fully saturated rings. The van der Waals surface area contributed by atoms with Crippen molar-refractivity contribution >= 4 is 33.0 Å². The monoisotopic (exact) mass is 306 g/mol. The van der Waals surface area contributed by atoms with Gasteiger partial charge < -0.3 is 15.6 Å². The molecule has 8 heteroatoms. The second-order valence-corrected chi connectivity index (χ2v) is 5.35. The molecule has 21 heavy (non-hydrogen) atoms. The summed E-state index contributed by atoms with van der Waals surface area (Å²) in [6.07, 6.45) is 1.72. The number of nitrogens with one attached hydrogen (secondary N) is 1. The maximum absolute atomic E-state index is 13.7. The van der Waals surface area contributed by atoms with Crippen molar-refractivity contribution in [3.63, 3.8) is 0 Å². The summed E-state index contributed by atoms with van der Waals surface area (Å²) in [5, 5.41) is 6.47. The van der Waals surface area contributed by atoms with Crippen LogP contribution in [0.5, 0.6) is 0 Å². The summed E-state index contributed by atoms with van der Waals surface area (Å²) in [6, 6.07) is 4.64. The maximum atomic E-state index is 13.7. The Morgan fingerprint density at radius 1 is 1.48 bits per heavy atom. The standard InChI is InChI=1S/C13H11FN4O2S/c14-7-2-1-3-8-10(7)11(15)12(21-8)13(19)16-5-4-9-17-6-18-20-9/h1-3,6H,4-5,15H2,(H,16,19). The van der Waals surface area contributed by atoms with E-state index in [0.717, 1.165) is 0 Å². The largest absolute Gasteiger partial charge is 0.397 e. The molecule has 108 valence electrons. The van der Waals surface area contributed by atoms with Gasteiger partial charge in [-0.3, -0.25) is 4.79 Å². The van der Waals surface area contributed by atoms with Gasteiger partial charge in [-0.2, -0.15) is 4.98 Å². The summed E-state index contributed by atoms with van der Waals surface area (Å²) in [6.45, 7) is 0.331. The summed E-state index contributed by atoms with van der Waals surface area (Å²) >= 11 is 1.17. The van der Waals surface area contributed by atoms with Gasteiger partial charge in [-0.25, -0.2) is 4.39 Å². The summed E-state index contributed by atoms with van der Waals surface area (Å²) in [7, 11) is 0. The van der Waals surface area contributed by atoms with Gasteiger partial charge in [0.25, 0.3) is 5.91 Å². The second kappa shape index (κ2) is 5.49. The smallest absolute Gasteiger partial charge is 0.263 e. The van der Waals surface area contributed by atoms with Crippen LogP contribution in [-0.2, 0) is 6.42 Å². The van der Waals surface area contributed by atoms with Crippen molar-refractivity contribution < 1.29 is 13.7 Å². The number of carbonyl (C=O) groups is 1. The van der Waals surface area contributed by atoms with Gasteiger partial charge in [0.2, 0.25) is 5.89 Å². The van der Waals surface area contributed by atoms with E-state index in [1.807, 2.05) is 0 Å². The molecule has 0 bridgehead atoms. The van der Waals surface area contributed by atoms with E-state index >= 15 is 0 Å². The Kier molecular flexibility index (Phi) is 3.53. The molecular formula is C13H11FN4O2S. The lowest BCUT2D eigenvalue weighted by Gasteiger charge is -2.02. The SMILES string of the molecule is Nc1c(C(=O)NCCc2ncno2)sc2cccc(F)c12. The zero-order valence-corrected chi connectivity index (χ0v) is 11.6. The zero-order valence-electron chi connectivity index (χ0n) is 10.8. The third kappa shape index (κ3) is 2.57. The predicted octanol–water partition coefficient (Wildman–Crippen LogP) is 1.98. The number of carbonyl (C=O) groups excluding carboxylic acids is 1. The fourth-order valence-electron chi connectivity index (χ4n) is 1.97. The number of fused-ring (bicyclic) bond motifs is 1. The van der Waals surface area contributed by atoms with Crippen molar-refractivity contribution in [3.8, 4) is 0 Å². The van der Waals surface area contributed by atoms with E-state index in [9.17, 15) is 9.18 Å². The van der Waals surface area contributed by atoms with Crippen LogP contribution in [0.25, 0.3) is 10.1 Å². The summed E-state index contributed by atoms with van der Waals surface area (Å²) < 4.78 is 19.2. The van der Waals surface area contributed by atoms with Crippen LogP contribution in [0.1, 0.15) is 15.6 Å². The number of halogens is 1. The molecule has 0 radical (unpaired) electrons. The number of hydrogen-bond acceptors (Lipinski definition) is 6. The molecule has 0 atom stereocenters. The van der Waals surface area contributed by atoms with Gasteiger partial charge in [0.1, 0.15) is 10.7 Å². The van der Waals surface area contributed by atoms with Gasteiger partial charge >= 0.3 is 0 Å². The van der Waals surface area contributed by atoms with Crippen molar-refractivity contribution in [1.82, 2.24) is 15.5 Å². The Hall–Kier alpha value is -2.48. The first kappa shape index (κ1) is 13.5. The lowest BCUT2D eigenvalue weighted by Crippen LogP contribution is -2.25. The molecule has 0 spiro atoms. The van der Waals surface area contributed by atoms with E-state index in [2.05, 4.69) is 15.5 Å². The third-order valence-electron chi connectivity index (χ3n) is 2.94. The molecule has 1 aromatic carbocycles. The highest BCUT2D eigenvalue weighted by Crippen LogP contribution is 2.35. The molecule has 2 aromatic heterocycles. The third-order valence-corrected chi connectivity index (χ3v) is 4.11. The number of rotatable bonds is 4. The van der Waals surface area contributed by atoms with E-state index in [0.29, 0.717) is 33.8 Å². The number of nitrogens with two attached hydrogens (primary N) is 1. The minimum atomic E-state index is -0.425. The number of hydrogen-bond donors (Lipinski definition) is 2. The van der Waals surface area contributed by atoms with Gasteiger partial charge in [-0.1, -0.05) is 11.2 Å². The van der Waals surface area contributed by atoms with Crippen LogP contribution in [0.4, 0.5) is 10.1 Å². The average molecular weight is 306 g/mol. The van der Waals surface area contributed by atoms with Crippen molar-refractivity contribution in [2.75, 3.05) is 12.3 Å². The van der Waals surface area contributed by atoms with E-state index in [1.54, 1.807) is 12.1 Å². The number of nitrogen functional groups attached to an aromatic ring is 1. The van der Waals surface area contributed by atoms with Crippen LogP contribution < -0.4 is 11.1 Å². The highest BCUT2D eigenvalue weighted by atomic mass is 32.1. The zero-order chi connectivity index (χ0) is 14.8. The highest BCUT2D eigenvalue weighted by molar-refractivity contribution is 7.21. The van der Waals surface area contributed by atoms with Crippen LogP contribution in [0.2, 0.25) is 0 Å². The molecule has 6 nitrogen and oxygen atoms in total. The van der Waals surface area contributed by atoms with Crippen molar-refractivity contribution in [3.05, 3.63) is 41.1 Å². The number of aromatic nitrogens is 2. The van der Waals surface area contributed by atoms with Gasteiger partial charge in [-0.05, 0) is 12.1 Å². The normalized spacial score (nSPS) is 10.9. The van der Waals surface area contributed by atoms with Crippen molar-refractivity contribution in [1.29, 1.82) is 0 Å². The fourth-order valence-corrected chi connectivity index (χ4v) is 3.02. The van der Waals surface area contributed by atoms with Crippen molar-refractivity contribution in [2.45, 2.75) is 6.42 Å². The first-order valence-electron chi connectivity index (χ1n) is 6.17. The van der Waals surface area contributed by atoms with Gasteiger partial charge in [0.15, 0.2) is 6.33 Å². The van der Waals surface area contributed by atoms with Crippen LogP contribution in [-0.4, -0.2) is 22.6 Å². The first-order chi connectivity index (χ1) is 10.2. The van der Waals surface area contributed by atoms with Crippen molar-refractivity contribution in [2.24, 2.45) is 0 Å². The highest BCUT2D eigenvalue weighted by Gasteiger charge is 2.18. The second-order valence-electron chi connectivity index (χ2n) is 4.30. The molecule has 0 aliphatic carbocycles. The molecule has 3 aromatic rings. The molecule has 0 aliphatic heterocycles. The number of nitrogens with zero attached hydrogens (tertiary/aromatic N) is 2. The minimum absolute atomic E-state index is 0.170. The Morgan fingerprint density at radius 2 is 2.33 bits per heavy atom. The number of anilines is 1. The van der Waals surface area contributed by atoms with Crippen LogP contribution in [0, 0.1) is 5.82 Å². The molecule has 3 rings (SSSR count). The molecular weight excluding hydrogens is 295 g/mol. The molecule has 0 saturated heterocycles. The summed E-state index contributed by atoms with van der Waals surface area (Å²) in [5.74, 6) is -0.329. The lowest BCUT2D eigenvalue weighted by molar-refractivity contribution is 0.0958. The predicted molar refractivity (Wildman–Crippen MR) is 76.5 cm³/mol. The Morgan fingerprint density at radius 3 is 3.05 bits per heavy atom. The molecule has 0 saturated carbocycles. The van der Waals surface area contributed by atoms with E-state index in [-0.39, 0.29) is 11.6 Å². The minimum Gasteiger partial charge on any atom is -0.397 e. The van der Waals surface area contributed by atoms with E-state index < -0.39 is 5.82 Å². The average Bonchev–Trinajstić information content (AvgIpc) is 3.08. The fraction of sp³-hybridized carbons (Fsp3) is 0.154.